The number of nitrogens with zero attached hydrogens (tertiary/aromatic N) is 3. The number of para-hydroxylation sites is 1. The number of methoxy groups -OCH3 is 2. The third-order valence-electron chi connectivity index (χ3n) is 4.87. The van der Waals surface area contributed by atoms with Crippen LogP contribution < -0.4 is 19.2 Å². The van der Waals surface area contributed by atoms with E-state index in [2.05, 4.69) is 26.5 Å². The molecule has 0 bridgehead atoms. The molecule has 0 heterocycles. The fraction of sp³-hybridized carbons (Fsp3) is 0.130. The number of carbonyl (C=O) groups excluding carboxylic acids is 1. The summed E-state index contributed by atoms with van der Waals surface area (Å²) in [5.41, 5.74) is 2.30. The average molecular weight is 577 g/mol. The molecule has 0 aliphatic carbocycles. The first-order chi connectivity index (χ1) is 17.2. The van der Waals surface area contributed by atoms with E-state index in [-0.39, 0.29) is 11.4 Å². The number of nitro benzene ring substituents is 1. The maximum Gasteiger partial charge on any atom is 0.289 e. The predicted octanol–water partition coefficient (Wildman–Crippen LogP) is 3.72. The zero-order chi connectivity index (χ0) is 26.3. The van der Waals surface area contributed by atoms with Crippen molar-refractivity contribution < 1.29 is 27.6 Å². The van der Waals surface area contributed by atoms with Crippen LogP contribution in [-0.4, -0.2) is 46.2 Å². The third-order valence-corrected chi connectivity index (χ3v) is 7.40. The van der Waals surface area contributed by atoms with E-state index in [0.717, 1.165) is 20.9 Å². The molecule has 1 N–H and O–H groups in total. The van der Waals surface area contributed by atoms with Crippen molar-refractivity contribution in [2.75, 3.05) is 25.1 Å². The first kappa shape index (κ1) is 26.6. The Morgan fingerprint density at radius 2 is 1.81 bits per heavy atom. The molecule has 0 fully saturated rings. The molecule has 3 rings (SSSR count). The van der Waals surface area contributed by atoms with E-state index in [9.17, 15) is 23.3 Å². The maximum atomic E-state index is 13.7. The number of hydrogen-bond donors (Lipinski definition) is 1. The number of rotatable bonds is 10. The van der Waals surface area contributed by atoms with Gasteiger partial charge in [-0.3, -0.25) is 19.2 Å². The van der Waals surface area contributed by atoms with E-state index in [4.69, 9.17) is 9.47 Å². The highest BCUT2D eigenvalue weighted by Crippen LogP contribution is 2.37. The maximum absolute atomic E-state index is 13.7. The highest BCUT2D eigenvalue weighted by Gasteiger charge is 2.34. The van der Waals surface area contributed by atoms with Gasteiger partial charge in [0.1, 0.15) is 18.0 Å². The molecular formula is C23H21BrN4O7S. The van der Waals surface area contributed by atoms with Gasteiger partial charge < -0.3 is 9.47 Å². The van der Waals surface area contributed by atoms with Gasteiger partial charge in [-0.2, -0.15) is 5.10 Å². The molecule has 0 atom stereocenters. The van der Waals surface area contributed by atoms with E-state index in [0.29, 0.717) is 11.3 Å². The fourth-order valence-electron chi connectivity index (χ4n) is 3.15. The van der Waals surface area contributed by atoms with Crippen LogP contribution in [0.25, 0.3) is 0 Å². The van der Waals surface area contributed by atoms with E-state index in [1.54, 1.807) is 18.2 Å². The molecule has 3 aromatic rings. The Bertz CT molecular complexity index is 1410. The molecule has 13 heteroatoms. The van der Waals surface area contributed by atoms with Crippen molar-refractivity contribution in [3.05, 3.63) is 86.9 Å². The van der Waals surface area contributed by atoms with Crippen molar-refractivity contribution in [2.24, 2.45) is 5.10 Å². The van der Waals surface area contributed by atoms with Crippen LogP contribution in [0.1, 0.15) is 5.56 Å². The Balaban J connectivity index is 2.02. The van der Waals surface area contributed by atoms with Gasteiger partial charge in [0.05, 0.1) is 31.0 Å². The molecule has 3 aromatic carbocycles. The van der Waals surface area contributed by atoms with Gasteiger partial charge in [-0.15, -0.1) is 0 Å². The summed E-state index contributed by atoms with van der Waals surface area (Å²) in [6.45, 7) is -0.746. The standard InChI is InChI=1S/C23H21BrN4O7S/c1-34-17-11-12-19(21(13-17)35-2)27(36(32,33)22-10-6-5-9-20(22)28(30)31)15-23(29)26-25-14-16-7-3-4-8-18(16)24/h3-14H,15H2,1-2H3,(H,26,29)/b25-14+. The van der Waals surface area contributed by atoms with Gasteiger partial charge in [-0.1, -0.05) is 46.3 Å². The van der Waals surface area contributed by atoms with Crippen molar-refractivity contribution in [1.29, 1.82) is 0 Å². The Labute approximate surface area is 215 Å². The molecule has 0 unspecified atom stereocenters. The van der Waals surface area contributed by atoms with Gasteiger partial charge in [-0.25, -0.2) is 13.8 Å². The van der Waals surface area contributed by atoms with Crippen LogP contribution in [0, 0.1) is 10.1 Å². The highest BCUT2D eigenvalue weighted by atomic mass is 79.9. The number of sulfonamides is 1. The van der Waals surface area contributed by atoms with Crippen molar-refractivity contribution in [3.8, 4) is 11.5 Å². The normalized spacial score (nSPS) is 11.2. The summed E-state index contributed by atoms with van der Waals surface area (Å²) >= 11 is 3.36. The number of nitro groups is 1. The van der Waals surface area contributed by atoms with Crippen LogP contribution in [0.5, 0.6) is 11.5 Å². The molecule has 0 aliphatic rings. The SMILES string of the molecule is COc1ccc(N(CC(=O)N/N=C/c2ccccc2Br)S(=O)(=O)c2ccccc2[N+](=O)[O-])c(OC)c1. The van der Waals surface area contributed by atoms with Gasteiger partial charge in [0.15, 0.2) is 4.90 Å². The summed E-state index contributed by atoms with van der Waals surface area (Å²) in [5, 5.41) is 15.4. The zero-order valence-electron chi connectivity index (χ0n) is 19.1. The lowest BCUT2D eigenvalue weighted by atomic mass is 10.2. The van der Waals surface area contributed by atoms with E-state index < -0.39 is 38.0 Å². The van der Waals surface area contributed by atoms with Crippen LogP contribution in [-0.2, 0) is 14.8 Å². The number of benzene rings is 3. The fourth-order valence-corrected chi connectivity index (χ4v) is 5.13. The minimum atomic E-state index is -4.61. The molecular weight excluding hydrogens is 556 g/mol. The number of hydrogen-bond acceptors (Lipinski definition) is 8. The molecule has 188 valence electrons. The van der Waals surface area contributed by atoms with Crippen LogP contribution in [0.15, 0.2) is 81.2 Å². The van der Waals surface area contributed by atoms with Crippen LogP contribution in [0.3, 0.4) is 0 Å². The minimum Gasteiger partial charge on any atom is -0.497 e. The molecule has 0 aliphatic heterocycles. The number of anilines is 1. The number of nitrogens with one attached hydrogen (secondary N) is 1. The largest absolute Gasteiger partial charge is 0.497 e. The quantitative estimate of drug-likeness (QED) is 0.220. The summed E-state index contributed by atoms with van der Waals surface area (Å²) < 4.78 is 39.3. The Morgan fingerprint density at radius 3 is 2.47 bits per heavy atom. The lowest BCUT2D eigenvalue weighted by Crippen LogP contribution is -2.40. The summed E-state index contributed by atoms with van der Waals surface area (Å²) in [6.07, 6.45) is 1.39. The van der Waals surface area contributed by atoms with Gasteiger partial charge in [0.2, 0.25) is 0 Å². The number of ether oxygens (including phenoxy) is 2. The molecule has 36 heavy (non-hydrogen) atoms. The molecule has 0 saturated carbocycles. The summed E-state index contributed by atoms with van der Waals surface area (Å²) in [4.78, 5) is 22.9. The first-order valence-corrected chi connectivity index (χ1v) is 12.5. The van der Waals surface area contributed by atoms with Gasteiger partial charge in [0, 0.05) is 22.2 Å². The van der Waals surface area contributed by atoms with E-state index >= 15 is 0 Å². The topological polar surface area (TPSA) is 140 Å². The number of amides is 1. The molecule has 0 radical (unpaired) electrons. The zero-order valence-corrected chi connectivity index (χ0v) is 21.5. The minimum absolute atomic E-state index is 0.0265. The second kappa shape index (κ2) is 11.6. The Hall–Kier alpha value is -3.97. The summed E-state index contributed by atoms with van der Waals surface area (Å²) in [7, 11) is -1.87. The first-order valence-electron chi connectivity index (χ1n) is 10.2. The molecule has 0 spiro atoms. The Kier molecular flexibility index (Phi) is 8.61. The third kappa shape index (κ3) is 5.98. The highest BCUT2D eigenvalue weighted by molar-refractivity contribution is 9.10. The molecule has 0 saturated heterocycles. The summed E-state index contributed by atoms with van der Waals surface area (Å²) in [6, 6.07) is 16.3. The van der Waals surface area contributed by atoms with E-state index in [1.807, 2.05) is 6.07 Å². The smallest absolute Gasteiger partial charge is 0.289 e. The van der Waals surface area contributed by atoms with Crippen molar-refractivity contribution in [1.82, 2.24) is 5.43 Å². The number of halogens is 1. The van der Waals surface area contributed by atoms with Crippen molar-refractivity contribution >= 4 is 49.4 Å². The van der Waals surface area contributed by atoms with E-state index in [1.165, 1.54) is 50.8 Å². The molecule has 1 amide bonds. The van der Waals surface area contributed by atoms with Gasteiger partial charge in [0.25, 0.3) is 21.6 Å². The van der Waals surface area contributed by atoms with Gasteiger partial charge >= 0.3 is 0 Å². The lowest BCUT2D eigenvalue weighted by Gasteiger charge is -2.25. The Morgan fingerprint density at radius 1 is 1.11 bits per heavy atom. The van der Waals surface area contributed by atoms with Crippen molar-refractivity contribution in [2.45, 2.75) is 4.90 Å². The molecule has 11 nitrogen and oxygen atoms in total. The van der Waals surface area contributed by atoms with Gasteiger partial charge in [-0.05, 0) is 24.3 Å². The molecule has 0 aromatic heterocycles. The van der Waals surface area contributed by atoms with Crippen LogP contribution >= 0.6 is 15.9 Å². The predicted molar refractivity (Wildman–Crippen MR) is 137 cm³/mol. The summed E-state index contributed by atoms with van der Waals surface area (Å²) in [5.74, 6) is -0.347. The van der Waals surface area contributed by atoms with Crippen LogP contribution in [0.2, 0.25) is 0 Å². The number of carbonyl (C=O) groups is 1. The van der Waals surface area contributed by atoms with Crippen LogP contribution in [0.4, 0.5) is 11.4 Å². The monoisotopic (exact) mass is 576 g/mol. The average Bonchev–Trinajstić information content (AvgIpc) is 2.88. The lowest BCUT2D eigenvalue weighted by molar-refractivity contribution is -0.387. The number of hydrazone groups is 1. The second-order valence-electron chi connectivity index (χ2n) is 7.09. The van der Waals surface area contributed by atoms with Crippen molar-refractivity contribution in [3.63, 3.8) is 0 Å². The second-order valence-corrected chi connectivity index (χ2v) is 9.77.